The summed E-state index contributed by atoms with van der Waals surface area (Å²) in [5.74, 6) is 0.912. The van der Waals surface area contributed by atoms with E-state index < -0.39 is 0 Å². The van der Waals surface area contributed by atoms with Gasteiger partial charge in [-0.25, -0.2) is 4.98 Å². The molecule has 1 heterocycles. The zero-order chi connectivity index (χ0) is 10.2. The lowest BCUT2D eigenvalue weighted by molar-refractivity contribution is 0.0201. The zero-order valence-electron chi connectivity index (χ0n) is 8.75. The van der Waals surface area contributed by atoms with Crippen molar-refractivity contribution in [1.82, 2.24) is 9.97 Å². The zero-order valence-corrected chi connectivity index (χ0v) is 8.75. The molecule has 0 fully saturated rings. The topological polar surface area (TPSA) is 47.1 Å². The first-order valence-corrected chi connectivity index (χ1v) is 4.88. The van der Waals surface area contributed by atoms with Gasteiger partial charge in [0.1, 0.15) is 12.0 Å². The van der Waals surface area contributed by atoms with E-state index in [-0.39, 0.29) is 6.10 Å². The lowest BCUT2D eigenvalue weighted by Gasteiger charge is -2.07. The second kappa shape index (κ2) is 6.56. The van der Waals surface area contributed by atoms with Crippen LogP contribution >= 0.6 is 0 Å². The predicted octanol–water partition coefficient (Wildman–Crippen LogP) is 1.19. The molecule has 0 aromatic carbocycles. The fourth-order valence-electron chi connectivity index (χ4n) is 1.000. The molecule has 0 atom stereocenters. The van der Waals surface area contributed by atoms with Crippen LogP contribution in [0.3, 0.4) is 0 Å². The number of ether oxygens (including phenoxy) is 2. The highest BCUT2D eigenvalue weighted by molar-refractivity contribution is 4.85. The maximum Gasteiger partial charge on any atom is 0.109 e. The van der Waals surface area contributed by atoms with Crippen molar-refractivity contribution in [3.05, 3.63) is 18.2 Å². The molecule has 0 amide bonds. The van der Waals surface area contributed by atoms with Crippen molar-refractivity contribution in [3.8, 4) is 0 Å². The molecule has 1 radical (unpaired) electrons. The third-order valence-corrected chi connectivity index (χ3v) is 1.66. The Morgan fingerprint density at radius 1 is 1.43 bits per heavy atom. The molecule has 4 heteroatoms. The van der Waals surface area contributed by atoms with Crippen LogP contribution in [0.1, 0.15) is 19.7 Å². The van der Waals surface area contributed by atoms with E-state index in [0.717, 1.165) is 12.2 Å². The Morgan fingerprint density at radius 2 is 2.29 bits per heavy atom. The van der Waals surface area contributed by atoms with Crippen LogP contribution in [0.5, 0.6) is 0 Å². The summed E-state index contributed by atoms with van der Waals surface area (Å²) < 4.78 is 10.7. The average molecular weight is 197 g/mol. The summed E-state index contributed by atoms with van der Waals surface area (Å²) in [5.41, 5.74) is 0. The molecule has 1 N–H and O–H groups in total. The van der Waals surface area contributed by atoms with Crippen molar-refractivity contribution in [2.45, 2.75) is 26.4 Å². The molecule has 1 rings (SSSR count). The molecule has 79 valence electrons. The second-order valence-electron chi connectivity index (χ2n) is 3.26. The Balaban J connectivity index is 1.90. The van der Waals surface area contributed by atoms with E-state index in [1.165, 1.54) is 0 Å². The largest absolute Gasteiger partial charge is 0.379 e. The monoisotopic (exact) mass is 197 g/mol. The summed E-state index contributed by atoms with van der Waals surface area (Å²) >= 11 is 0. The highest BCUT2D eigenvalue weighted by atomic mass is 16.5. The molecule has 0 spiro atoms. The number of H-pyrrole nitrogens is 1. The molecular formula is C10H17N2O2. The summed E-state index contributed by atoms with van der Waals surface area (Å²) in [5, 5.41) is 0. The van der Waals surface area contributed by atoms with E-state index in [1.54, 1.807) is 6.20 Å². The smallest absolute Gasteiger partial charge is 0.109 e. The van der Waals surface area contributed by atoms with Crippen molar-refractivity contribution in [3.63, 3.8) is 0 Å². The first kappa shape index (κ1) is 11.2. The minimum Gasteiger partial charge on any atom is -0.379 e. The number of imidazole rings is 1. The summed E-state index contributed by atoms with van der Waals surface area (Å²) in [7, 11) is 0. The van der Waals surface area contributed by atoms with E-state index in [1.807, 2.05) is 13.8 Å². The minimum atomic E-state index is 0.276. The number of aromatic amines is 1. The van der Waals surface area contributed by atoms with Crippen molar-refractivity contribution in [1.29, 1.82) is 0 Å². The van der Waals surface area contributed by atoms with Crippen molar-refractivity contribution >= 4 is 0 Å². The summed E-state index contributed by atoms with van der Waals surface area (Å²) in [6.45, 7) is 5.99. The van der Waals surface area contributed by atoms with Gasteiger partial charge in [-0.2, -0.15) is 0 Å². The van der Waals surface area contributed by atoms with Crippen LogP contribution in [-0.2, 0) is 15.9 Å². The molecule has 0 saturated heterocycles. The highest BCUT2D eigenvalue weighted by Gasteiger charge is 1.96. The van der Waals surface area contributed by atoms with E-state index in [2.05, 4.69) is 16.2 Å². The standard InChI is InChI=1S/C10H17N2O2/c1-9(2)14-8-7-13-6-3-10-11-4-5-12-10/h4,9H,3,6-8H2,1-2H3,(H,11,12). The third-order valence-electron chi connectivity index (χ3n) is 1.66. The molecule has 0 bridgehead atoms. The predicted molar refractivity (Wildman–Crippen MR) is 53.0 cm³/mol. The fraction of sp³-hybridized carbons (Fsp3) is 0.700. The Kier molecular flexibility index (Phi) is 5.25. The van der Waals surface area contributed by atoms with Gasteiger partial charge in [-0.3, -0.25) is 0 Å². The van der Waals surface area contributed by atoms with Crippen LogP contribution < -0.4 is 0 Å². The van der Waals surface area contributed by atoms with Gasteiger partial charge in [0.05, 0.1) is 25.9 Å². The van der Waals surface area contributed by atoms with Crippen molar-refractivity contribution < 1.29 is 9.47 Å². The Bertz CT molecular complexity index is 222. The normalized spacial score (nSPS) is 11.1. The maximum absolute atomic E-state index is 5.36. The van der Waals surface area contributed by atoms with Gasteiger partial charge in [0.2, 0.25) is 0 Å². The van der Waals surface area contributed by atoms with Crippen LogP contribution in [0.4, 0.5) is 0 Å². The molecule has 1 aromatic heterocycles. The van der Waals surface area contributed by atoms with Crippen LogP contribution in [0, 0.1) is 6.20 Å². The second-order valence-corrected chi connectivity index (χ2v) is 3.26. The van der Waals surface area contributed by atoms with Gasteiger partial charge in [0, 0.05) is 12.6 Å². The van der Waals surface area contributed by atoms with E-state index in [9.17, 15) is 0 Å². The van der Waals surface area contributed by atoms with Gasteiger partial charge in [0.15, 0.2) is 0 Å². The number of hydrogen-bond acceptors (Lipinski definition) is 3. The molecular weight excluding hydrogens is 180 g/mol. The summed E-state index contributed by atoms with van der Waals surface area (Å²) in [6, 6.07) is 0. The van der Waals surface area contributed by atoms with Gasteiger partial charge in [-0.1, -0.05) is 0 Å². The Labute approximate surface area is 84.6 Å². The quantitative estimate of drug-likeness (QED) is 0.668. The van der Waals surface area contributed by atoms with Gasteiger partial charge in [-0.05, 0) is 13.8 Å². The van der Waals surface area contributed by atoms with Crippen LogP contribution in [-0.4, -0.2) is 35.9 Å². The summed E-state index contributed by atoms with van der Waals surface area (Å²) in [4.78, 5) is 6.94. The molecule has 0 saturated carbocycles. The fourth-order valence-corrected chi connectivity index (χ4v) is 1.000. The van der Waals surface area contributed by atoms with Crippen LogP contribution in [0.25, 0.3) is 0 Å². The van der Waals surface area contributed by atoms with Gasteiger partial charge in [-0.15, -0.1) is 0 Å². The van der Waals surface area contributed by atoms with E-state index in [0.29, 0.717) is 19.8 Å². The first-order valence-electron chi connectivity index (χ1n) is 4.88. The highest BCUT2D eigenvalue weighted by Crippen LogP contribution is 1.91. The minimum absolute atomic E-state index is 0.276. The Hall–Kier alpha value is -0.870. The first-order chi connectivity index (χ1) is 6.79. The number of nitrogens with zero attached hydrogens (tertiary/aromatic N) is 1. The van der Waals surface area contributed by atoms with Crippen LogP contribution in [0.15, 0.2) is 6.20 Å². The van der Waals surface area contributed by atoms with Gasteiger partial charge in [0.25, 0.3) is 0 Å². The van der Waals surface area contributed by atoms with Gasteiger partial charge < -0.3 is 14.5 Å². The molecule has 0 unspecified atom stereocenters. The molecule has 4 nitrogen and oxygen atoms in total. The molecule has 14 heavy (non-hydrogen) atoms. The molecule has 0 aliphatic heterocycles. The van der Waals surface area contributed by atoms with Crippen LogP contribution in [0.2, 0.25) is 0 Å². The van der Waals surface area contributed by atoms with E-state index >= 15 is 0 Å². The molecule has 0 aliphatic carbocycles. The molecule has 0 aliphatic rings. The van der Waals surface area contributed by atoms with E-state index in [4.69, 9.17) is 9.47 Å². The third kappa shape index (κ3) is 4.99. The number of hydrogen-bond donors (Lipinski definition) is 1. The lowest BCUT2D eigenvalue weighted by atomic mass is 10.4. The SMILES string of the molecule is CC(C)OCCOCCc1n[c]c[nH]1. The number of nitrogens with one attached hydrogen (secondary N) is 1. The van der Waals surface area contributed by atoms with Crippen molar-refractivity contribution in [2.24, 2.45) is 0 Å². The number of rotatable bonds is 7. The maximum atomic E-state index is 5.36. The lowest BCUT2D eigenvalue weighted by Crippen LogP contribution is -2.11. The Morgan fingerprint density at radius 3 is 2.93 bits per heavy atom. The summed E-state index contributed by atoms with van der Waals surface area (Å²) in [6.07, 6.45) is 5.48. The average Bonchev–Trinajstić information content (AvgIpc) is 2.63. The molecule has 1 aromatic rings. The van der Waals surface area contributed by atoms with Gasteiger partial charge >= 0.3 is 0 Å². The van der Waals surface area contributed by atoms with Crippen molar-refractivity contribution in [2.75, 3.05) is 19.8 Å². The number of aromatic nitrogens is 2.